The zero-order valence-corrected chi connectivity index (χ0v) is 19.4. The number of likely N-dealkylation sites (tertiary alicyclic amines) is 1. The highest BCUT2D eigenvalue weighted by atomic mass is 127. The summed E-state index contributed by atoms with van der Waals surface area (Å²) in [6, 6.07) is 0.248. The van der Waals surface area contributed by atoms with Gasteiger partial charge in [-0.25, -0.2) is 0 Å². The molecule has 0 spiro atoms. The summed E-state index contributed by atoms with van der Waals surface area (Å²) in [6.07, 6.45) is 6.12. The van der Waals surface area contributed by atoms with Crippen molar-refractivity contribution in [3.63, 3.8) is 0 Å². The van der Waals surface area contributed by atoms with E-state index in [1.54, 1.807) is 7.05 Å². The fraction of sp³-hybridized carbons (Fsp3) is 0.789. The predicted molar refractivity (Wildman–Crippen MR) is 119 cm³/mol. The normalized spacial score (nSPS) is 20.5. The van der Waals surface area contributed by atoms with E-state index in [-0.39, 0.29) is 41.9 Å². The van der Waals surface area contributed by atoms with E-state index in [1.807, 2.05) is 18.7 Å². The number of hydrogen-bond donors (Lipinski definition) is 2. The van der Waals surface area contributed by atoms with Gasteiger partial charge in [-0.3, -0.25) is 9.79 Å². The van der Waals surface area contributed by atoms with E-state index in [0.29, 0.717) is 24.8 Å². The van der Waals surface area contributed by atoms with Gasteiger partial charge in [0.15, 0.2) is 11.8 Å². The average Bonchev–Trinajstić information content (AvgIpc) is 3.41. The fourth-order valence-electron chi connectivity index (χ4n) is 3.79. The van der Waals surface area contributed by atoms with E-state index in [4.69, 9.17) is 4.52 Å². The summed E-state index contributed by atoms with van der Waals surface area (Å²) in [5.41, 5.74) is 0. The van der Waals surface area contributed by atoms with Gasteiger partial charge in [0.05, 0.1) is 0 Å². The molecule has 1 aliphatic carbocycles. The van der Waals surface area contributed by atoms with Crippen LogP contribution in [0.3, 0.4) is 0 Å². The molecule has 1 saturated heterocycles. The quantitative estimate of drug-likeness (QED) is 0.351. The number of guanidine groups is 1. The van der Waals surface area contributed by atoms with Crippen molar-refractivity contribution in [3.05, 3.63) is 11.7 Å². The fourth-order valence-corrected chi connectivity index (χ4v) is 3.79. The van der Waals surface area contributed by atoms with Crippen LogP contribution in [0.5, 0.6) is 0 Å². The van der Waals surface area contributed by atoms with Gasteiger partial charge in [0.1, 0.15) is 0 Å². The van der Waals surface area contributed by atoms with Crippen molar-refractivity contribution in [3.8, 4) is 0 Å². The molecule has 2 aliphatic rings. The minimum absolute atomic E-state index is 0. The Labute approximate surface area is 184 Å². The van der Waals surface area contributed by atoms with Crippen LogP contribution in [0, 0.1) is 5.92 Å². The van der Waals surface area contributed by atoms with Crippen LogP contribution in [0.1, 0.15) is 63.6 Å². The molecule has 0 aromatic carbocycles. The van der Waals surface area contributed by atoms with E-state index in [9.17, 15) is 4.79 Å². The summed E-state index contributed by atoms with van der Waals surface area (Å²) in [6.45, 7) is 6.35. The third-order valence-electron chi connectivity index (χ3n) is 5.40. The van der Waals surface area contributed by atoms with Crippen LogP contribution in [-0.2, 0) is 11.2 Å². The Morgan fingerprint density at radius 2 is 2.07 bits per heavy atom. The van der Waals surface area contributed by atoms with E-state index >= 15 is 0 Å². The molecule has 2 N–H and O–H groups in total. The van der Waals surface area contributed by atoms with Crippen molar-refractivity contribution < 1.29 is 9.32 Å². The Hall–Kier alpha value is -1.39. The first-order valence-corrected chi connectivity index (χ1v) is 10.1. The van der Waals surface area contributed by atoms with Crippen LogP contribution in [0.25, 0.3) is 0 Å². The molecule has 2 heterocycles. The maximum Gasteiger partial charge on any atom is 0.228 e. The standard InChI is InChI=1S/C19H32N6O2.HI/c1-13(2)17-23-16(27-24-17)8-10-21-19(20-3)22-15-9-11-25(12-15)18(26)14-6-4-5-7-14;/h13-15H,4-12H2,1-3H3,(H2,20,21,22);1H. The van der Waals surface area contributed by atoms with Crippen LogP contribution in [0.2, 0.25) is 0 Å². The summed E-state index contributed by atoms with van der Waals surface area (Å²) in [7, 11) is 1.76. The number of nitrogens with one attached hydrogen (secondary N) is 2. The molecule has 1 aromatic heterocycles. The van der Waals surface area contributed by atoms with Crippen molar-refractivity contribution in [2.75, 3.05) is 26.7 Å². The molecule has 1 aromatic rings. The zero-order valence-electron chi connectivity index (χ0n) is 17.1. The SMILES string of the molecule is CN=C(NCCc1nc(C(C)C)no1)NC1CCN(C(=O)C2CCCC2)C1.I. The molecule has 1 amide bonds. The number of halogens is 1. The van der Waals surface area contributed by atoms with E-state index in [0.717, 1.165) is 44.1 Å². The molecule has 1 saturated carbocycles. The van der Waals surface area contributed by atoms with Crippen LogP contribution < -0.4 is 10.6 Å². The van der Waals surface area contributed by atoms with Crippen LogP contribution in [0.4, 0.5) is 0 Å². The second-order valence-electron chi connectivity index (χ2n) is 7.85. The molecule has 2 fully saturated rings. The molecule has 158 valence electrons. The highest BCUT2D eigenvalue weighted by molar-refractivity contribution is 14.0. The Morgan fingerprint density at radius 1 is 1.32 bits per heavy atom. The van der Waals surface area contributed by atoms with E-state index in [1.165, 1.54) is 12.8 Å². The molecule has 1 atom stereocenters. The largest absolute Gasteiger partial charge is 0.356 e. The number of aromatic nitrogens is 2. The van der Waals surface area contributed by atoms with Gasteiger partial charge in [0.2, 0.25) is 11.8 Å². The molecule has 0 bridgehead atoms. The minimum atomic E-state index is 0. The summed E-state index contributed by atoms with van der Waals surface area (Å²) in [5.74, 6) is 2.99. The van der Waals surface area contributed by atoms with E-state index in [2.05, 4.69) is 25.8 Å². The second-order valence-corrected chi connectivity index (χ2v) is 7.85. The third-order valence-corrected chi connectivity index (χ3v) is 5.40. The van der Waals surface area contributed by atoms with Gasteiger partial charge in [-0.05, 0) is 19.3 Å². The minimum Gasteiger partial charge on any atom is -0.356 e. The highest BCUT2D eigenvalue weighted by Crippen LogP contribution is 2.27. The third kappa shape index (κ3) is 6.05. The van der Waals surface area contributed by atoms with Gasteiger partial charge in [-0.1, -0.05) is 31.8 Å². The lowest BCUT2D eigenvalue weighted by Gasteiger charge is -2.21. The molecule has 28 heavy (non-hydrogen) atoms. The van der Waals surface area contributed by atoms with Crippen LogP contribution in [0.15, 0.2) is 9.52 Å². The first kappa shape index (κ1) is 22.9. The molecular formula is C19H33IN6O2. The van der Waals surface area contributed by atoms with Crippen LogP contribution in [-0.4, -0.2) is 59.6 Å². The summed E-state index contributed by atoms with van der Waals surface area (Å²) < 4.78 is 5.26. The molecule has 0 radical (unpaired) electrons. The molecule has 1 aliphatic heterocycles. The highest BCUT2D eigenvalue weighted by Gasteiger charge is 2.32. The topological polar surface area (TPSA) is 95.7 Å². The molecule has 3 rings (SSSR count). The van der Waals surface area contributed by atoms with Crippen molar-refractivity contribution in [1.82, 2.24) is 25.7 Å². The Bertz CT molecular complexity index is 657. The van der Waals surface area contributed by atoms with Crippen molar-refractivity contribution in [2.24, 2.45) is 10.9 Å². The van der Waals surface area contributed by atoms with Gasteiger partial charge in [-0.15, -0.1) is 24.0 Å². The average molecular weight is 504 g/mol. The Balaban J connectivity index is 0.00000280. The predicted octanol–water partition coefficient (Wildman–Crippen LogP) is 2.31. The maximum atomic E-state index is 12.6. The Kier molecular flexibility index (Phi) is 8.97. The van der Waals surface area contributed by atoms with Gasteiger partial charge in [-0.2, -0.15) is 4.98 Å². The molecule has 9 heteroatoms. The lowest BCUT2D eigenvalue weighted by Crippen LogP contribution is -2.45. The van der Waals surface area contributed by atoms with E-state index < -0.39 is 0 Å². The second kappa shape index (κ2) is 11.0. The lowest BCUT2D eigenvalue weighted by molar-refractivity contribution is -0.134. The van der Waals surface area contributed by atoms with Crippen molar-refractivity contribution in [2.45, 2.75) is 64.3 Å². The molecule has 8 nitrogen and oxygen atoms in total. The van der Waals surface area contributed by atoms with Gasteiger partial charge >= 0.3 is 0 Å². The number of carbonyl (C=O) groups is 1. The van der Waals surface area contributed by atoms with Crippen LogP contribution >= 0.6 is 24.0 Å². The maximum absolute atomic E-state index is 12.6. The van der Waals surface area contributed by atoms with Gasteiger partial charge in [0.25, 0.3) is 0 Å². The first-order chi connectivity index (χ1) is 13.1. The van der Waals surface area contributed by atoms with Crippen molar-refractivity contribution >= 4 is 35.8 Å². The Morgan fingerprint density at radius 3 is 2.71 bits per heavy atom. The summed E-state index contributed by atoms with van der Waals surface area (Å²) >= 11 is 0. The summed E-state index contributed by atoms with van der Waals surface area (Å²) in [4.78, 5) is 23.2. The van der Waals surface area contributed by atoms with Gasteiger partial charge in [0, 0.05) is 51.0 Å². The number of aliphatic imine (C=N–C) groups is 1. The summed E-state index contributed by atoms with van der Waals surface area (Å²) in [5, 5.41) is 10.7. The number of rotatable bonds is 6. The molecule has 1 unspecified atom stereocenters. The number of hydrogen-bond acceptors (Lipinski definition) is 5. The smallest absolute Gasteiger partial charge is 0.228 e. The zero-order chi connectivity index (χ0) is 19.2. The monoisotopic (exact) mass is 504 g/mol. The number of amides is 1. The number of nitrogens with zero attached hydrogens (tertiary/aromatic N) is 4. The lowest BCUT2D eigenvalue weighted by atomic mass is 10.1. The van der Waals surface area contributed by atoms with Crippen molar-refractivity contribution in [1.29, 1.82) is 0 Å². The molecular weight excluding hydrogens is 471 g/mol. The van der Waals surface area contributed by atoms with Gasteiger partial charge < -0.3 is 20.1 Å². The number of carbonyl (C=O) groups excluding carboxylic acids is 1. The first-order valence-electron chi connectivity index (χ1n) is 10.1.